The van der Waals surface area contributed by atoms with Crippen LogP contribution in [0.15, 0.2) is 34.8 Å². The van der Waals surface area contributed by atoms with Gasteiger partial charge in [0.1, 0.15) is 11.4 Å². The van der Waals surface area contributed by atoms with Crippen molar-refractivity contribution < 1.29 is 4.74 Å². The fourth-order valence-corrected chi connectivity index (χ4v) is 2.88. The monoisotopic (exact) mass is 333 g/mol. The summed E-state index contributed by atoms with van der Waals surface area (Å²) in [7, 11) is 1.71. The Hall–Kier alpha value is -1.46. The summed E-state index contributed by atoms with van der Waals surface area (Å²) in [5.41, 5.74) is 7.50. The van der Waals surface area contributed by atoms with Crippen LogP contribution >= 0.6 is 15.9 Å². The SMILES string of the molecule is COC1(c2nc(N)c(Br)c(-c3ccccc3)n2)CCC1. The van der Waals surface area contributed by atoms with Crippen LogP contribution < -0.4 is 5.73 Å². The minimum atomic E-state index is -0.363. The Morgan fingerprint density at radius 2 is 1.90 bits per heavy atom. The fraction of sp³-hybridized carbons (Fsp3) is 0.333. The summed E-state index contributed by atoms with van der Waals surface area (Å²) in [6.45, 7) is 0. The summed E-state index contributed by atoms with van der Waals surface area (Å²) in [4.78, 5) is 9.12. The van der Waals surface area contributed by atoms with Crippen molar-refractivity contribution in [2.45, 2.75) is 24.9 Å². The second-order valence-corrected chi connectivity index (χ2v) is 5.81. The largest absolute Gasteiger partial charge is 0.383 e. The Balaban J connectivity index is 2.13. The van der Waals surface area contributed by atoms with Crippen LogP contribution in [-0.4, -0.2) is 17.1 Å². The van der Waals surface area contributed by atoms with Crippen molar-refractivity contribution >= 4 is 21.7 Å². The number of ether oxygens (including phenoxy) is 1. The van der Waals surface area contributed by atoms with Crippen LogP contribution in [-0.2, 0) is 10.3 Å². The van der Waals surface area contributed by atoms with Crippen molar-refractivity contribution in [3.8, 4) is 11.3 Å². The molecule has 0 radical (unpaired) electrons. The molecule has 0 spiro atoms. The number of halogens is 1. The van der Waals surface area contributed by atoms with E-state index in [0.29, 0.717) is 11.6 Å². The van der Waals surface area contributed by atoms with Gasteiger partial charge in [0.25, 0.3) is 0 Å². The van der Waals surface area contributed by atoms with Gasteiger partial charge in [0.05, 0.1) is 10.2 Å². The quantitative estimate of drug-likeness (QED) is 0.933. The highest BCUT2D eigenvalue weighted by Gasteiger charge is 2.42. The highest BCUT2D eigenvalue weighted by Crippen LogP contribution is 2.44. The van der Waals surface area contributed by atoms with E-state index < -0.39 is 0 Å². The van der Waals surface area contributed by atoms with Crippen LogP contribution in [0.5, 0.6) is 0 Å². The summed E-state index contributed by atoms with van der Waals surface area (Å²) < 4.78 is 6.38. The average Bonchev–Trinajstić information content (AvgIpc) is 2.43. The van der Waals surface area contributed by atoms with Crippen molar-refractivity contribution in [2.24, 2.45) is 0 Å². The lowest BCUT2D eigenvalue weighted by Gasteiger charge is -2.39. The van der Waals surface area contributed by atoms with Gasteiger partial charge < -0.3 is 10.5 Å². The van der Waals surface area contributed by atoms with Crippen molar-refractivity contribution in [1.82, 2.24) is 9.97 Å². The molecule has 1 fully saturated rings. The molecule has 1 aliphatic carbocycles. The third kappa shape index (κ3) is 2.11. The van der Waals surface area contributed by atoms with Crippen LogP contribution in [0.1, 0.15) is 25.1 Å². The maximum atomic E-state index is 6.04. The van der Waals surface area contributed by atoms with Gasteiger partial charge in [-0.2, -0.15) is 0 Å². The lowest BCUT2D eigenvalue weighted by atomic mass is 9.79. The summed E-state index contributed by atoms with van der Waals surface area (Å²) in [5, 5.41) is 0. The molecule has 20 heavy (non-hydrogen) atoms. The van der Waals surface area contributed by atoms with Gasteiger partial charge in [-0.15, -0.1) is 0 Å². The fourth-order valence-electron chi connectivity index (χ4n) is 2.47. The maximum absolute atomic E-state index is 6.04. The van der Waals surface area contributed by atoms with Crippen LogP contribution in [0, 0.1) is 0 Å². The molecule has 0 amide bonds. The summed E-state index contributed by atoms with van der Waals surface area (Å²) in [6, 6.07) is 9.96. The van der Waals surface area contributed by atoms with Gasteiger partial charge >= 0.3 is 0 Å². The highest BCUT2D eigenvalue weighted by molar-refractivity contribution is 9.10. The number of aromatic nitrogens is 2. The van der Waals surface area contributed by atoms with Crippen LogP contribution in [0.3, 0.4) is 0 Å². The first-order valence-electron chi connectivity index (χ1n) is 6.60. The Morgan fingerprint density at radius 1 is 1.20 bits per heavy atom. The van der Waals surface area contributed by atoms with Crippen molar-refractivity contribution in [1.29, 1.82) is 0 Å². The number of hydrogen-bond acceptors (Lipinski definition) is 4. The molecule has 2 aromatic rings. The molecule has 0 aliphatic heterocycles. The number of rotatable bonds is 3. The molecular formula is C15H16BrN3O. The van der Waals surface area contributed by atoms with E-state index in [0.717, 1.165) is 35.0 Å². The molecule has 1 aromatic heterocycles. The predicted molar refractivity (Wildman–Crippen MR) is 82.1 cm³/mol. The lowest BCUT2D eigenvalue weighted by Crippen LogP contribution is -2.38. The van der Waals surface area contributed by atoms with E-state index >= 15 is 0 Å². The second-order valence-electron chi connectivity index (χ2n) is 5.01. The van der Waals surface area contributed by atoms with Crippen LogP contribution in [0.25, 0.3) is 11.3 Å². The van der Waals surface area contributed by atoms with Gasteiger partial charge in [-0.05, 0) is 35.2 Å². The van der Waals surface area contributed by atoms with Gasteiger partial charge in [0.2, 0.25) is 0 Å². The van der Waals surface area contributed by atoms with E-state index in [1.807, 2.05) is 30.3 Å². The number of methoxy groups -OCH3 is 1. The van der Waals surface area contributed by atoms with Crippen molar-refractivity contribution in [3.05, 3.63) is 40.6 Å². The maximum Gasteiger partial charge on any atom is 0.163 e. The van der Waals surface area contributed by atoms with E-state index in [-0.39, 0.29) is 5.60 Å². The molecule has 1 saturated carbocycles. The van der Waals surface area contributed by atoms with E-state index in [2.05, 4.69) is 20.9 Å². The van der Waals surface area contributed by atoms with Crippen molar-refractivity contribution in [3.63, 3.8) is 0 Å². The molecule has 4 nitrogen and oxygen atoms in total. The Morgan fingerprint density at radius 3 is 2.45 bits per heavy atom. The minimum Gasteiger partial charge on any atom is -0.383 e. The van der Waals surface area contributed by atoms with E-state index in [9.17, 15) is 0 Å². The normalized spacial score (nSPS) is 16.7. The zero-order valence-electron chi connectivity index (χ0n) is 11.3. The molecule has 104 valence electrons. The third-order valence-electron chi connectivity index (χ3n) is 3.88. The van der Waals surface area contributed by atoms with Gasteiger partial charge in [-0.1, -0.05) is 30.3 Å². The Kier molecular flexibility index (Phi) is 3.48. The molecule has 0 atom stereocenters. The van der Waals surface area contributed by atoms with E-state index in [1.54, 1.807) is 7.11 Å². The first-order valence-corrected chi connectivity index (χ1v) is 7.40. The molecule has 2 N–H and O–H groups in total. The van der Waals surface area contributed by atoms with E-state index in [4.69, 9.17) is 15.5 Å². The summed E-state index contributed by atoms with van der Waals surface area (Å²) in [5.74, 6) is 1.14. The average molecular weight is 334 g/mol. The third-order valence-corrected chi connectivity index (χ3v) is 4.67. The van der Waals surface area contributed by atoms with Crippen LogP contribution in [0.4, 0.5) is 5.82 Å². The Bertz CT molecular complexity index is 621. The number of anilines is 1. The van der Waals surface area contributed by atoms with E-state index in [1.165, 1.54) is 0 Å². The van der Waals surface area contributed by atoms with Crippen molar-refractivity contribution in [2.75, 3.05) is 12.8 Å². The highest BCUT2D eigenvalue weighted by atomic mass is 79.9. The number of nitrogens with two attached hydrogens (primary N) is 1. The van der Waals surface area contributed by atoms with Gasteiger partial charge in [0, 0.05) is 12.7 Å². The molecule has 5 heteroatoms. The zero-order chi connectivity index (χ0) is 14.2. The number of benzene rings is 1. The molecule has 0 unspecified atom stereocenters. The number of hydrogen-bond donors (Lipinski definition) is 1. The first-order chi connectivity index (χ1) is 9.66. The number of nitrogens with zero attached hydrogens (tertiary/aromatic N) is 2. The molecule has 0 saturated heterocycles. The minimum absolute atomic E-state index is 0.363. The first kappa shape index (κ1) is 13.5. The molecule has 1 aliphatic rings. The summed E-state index contributed by atoms with van der Waals surface area (Å²) >= 11 is 3.49. The topological polar surface area (TPSA) is 61.0 Å². The van der Waals surface area contributed by atoms with Gasteiger partial charge in [-0.25, -0.2) is 9.97 Å². The Labute approximate surface area is 126 Å². The van der Waals surface area contributed by atoms with Gasteiger partial charge in [-0.3, -0.25) is 0 Å². The number of nitrogen functional groups attached to an aromatic ring is 1. The predicted octanol–water partition coefficient (Wildman–Crippen LogP) is 3.51. The van der Waals surface area contributed by atoms with Gasteiger partial charge in [0.15, 0.2) is 5.82 Å². The summed E-state index contributed by atoms with van der Waals surface area (Å²) in [6.07, 6.45) is 3.02. The standard InChI is InChI=1S/C15H16BrN3O/c1-20-15(8-5-9-15)14-18-12(11(16)13(17)19-14)10-6-3-2-4-7-10/h2-4,6-7H,5,8-9H2,1H3,(H2,17,18,19). The molecular weight excluding hydrogens is 318 g/mol. The molecule has 0 bridgehead atoms. The second kappa shape index (κ2) is 5.14. The van der Waals surface area contributed by atoms with Crippen LogP contribution in [0.2, 0.25) is 0 Å². The lowest BCUT2D eigenvalue weighted by molar-refractivity contribution is -0.0844. The smallest absolute Gasteiger partial charge is 0.163 e. The zero-order valence-corrected chi connectivity index (χ0v) is 12.9. The molecule has 3 rings (SSSR count). The molecule has 1 heterocycles. The molecule has 1 aromatic carbocycles.